The number of halogens is 1. The summed E-state index contributed by atoms with van der Waals surface area (Å²) in [6.45, 7) is 3.99. The lowest BCUT2D eigenvalue weighted by atomic mass is 10.2. The van der Waals surface area contributed by atoms with E-state index in [1.54, 1.807) is 18.0 Å². The molecule has 0 spiro atoms. The Hall–Kier alpha value is -1.33. The summed E-state index contributed by atoms with van der Waals surface area (Å²) in [5, 5.41) is 3.29. The maximum atomic E-state index is 12.6. The smallest absolute Gasteiger partial charge is 0.255 e. The Bertz CT molecular complexity index is 475. The third-order valence-electron chi connectivity index (χ3n) is 3.46. The van der Waals surface area contributed by atoms with Gasteiger partial charge in [-0.2, -0.15) is 0 Å². The average molecular weight is 298 g/mol. The second kappa shape index (κ2) is 6.90. The molecule has 2 rings (SSSR count). The number of anilines is 1. The van der Waals surface area contributed by atoms with E-state index in [-0.39, 0.29) is 12.0 Å². The summed E-state index contributed by atoms with van der Waals surface area (Å²) in [6, 6.07) is 1.68. The van der Waals surface area contributed by atoms with Gasteiger partial charge in [0.15, 0.2) is 0 Å². The minimum atomic E-state index is -0.0769. The number of carbonyl (C=O) groups excluding carboxylic acids is 1. The van der Waals surface area contributed by atoms with E-state index in [2.05, 4.69) is 10.3 Å². The quantitative estimate of drug-likeness (QED) is 0.907. The molecule has 0 bridgehead atoms. The number of nitrogens with one attached hydrogen (secondary N) is 1. The summed E-state index contributed by atoms with van der Waals surface area (Å²) in [4.78, 5) is 18.4. The SMILES string of the molecule is CCN(CC1CCCO1)C(=O)c1cc(NC)ncc1Cl. The highest BCUT2D eigenvalue weighted by Gasteiger charge is 2.24. The zero-order valence-electron chi connectivity index (χ0n) is 11.9. The average Bonchev–Trinajstić information content (AvgIpc) is 2.97. The summed E-state index contributed by atoms with van der Waals surface area (Å²) >= 11 is 6.10. The van der Waals surface area contributed by atoms with Crippen LogP contribution in [0.4, 0.5) is 5.82 Å². The number of ether oxygens (including phenoxy) is 1. The van der Waals surface area contributed by atoms with Crippen molar-refractivity contribution in [2.24, 2.45) is 0 Å². The number of amides is 1. The van der Waals surface area contributed by atoms with Crippen LogP contribution in [0.25, 0.3) is 0 Å². The standard InChI is InChI=1S/C14H20ClN3O2/c1-3-18(9-10-5-4-6-20-10)14(19)11-7-13(16-2)17-8-12(11)15/h7-8,10H,3-6,9H2,1-2H3,(H,16,17). The predicted molar refractivity (Wildman–Crippen MR) is 79.3 cm³/mol. The minimum absolute atomic E-state index is 0.0769. The van der Waals surface area contributed by atoms with Gasteiger partial charge in [-0.3, -0.25) is 4.79 Å². The minimum Gasteiger partial charge on any atom is -0.376 e. The second-order valence-electron chi connectivity index (χ2n) is 4.78. The Morgan fingerprint density at radius 2 is 2.45 bits per heavy atom. The molecule has 110 valence electrons. The van der Waals surface area contributed by atoms with E-state index in [4.69, 9.17) is 16.3 Å². The number of rotatable bonds is 5. The number of carbonyl (C=O) groups is 1. The molecule has 1 fully saturated rings. The van der Waals surface area contributed by atoms with E-state index in [1.807, 2.05) is 6.92 Å². The van der Waals surface area contributed by atoms with Gasteiger partial charge in [-0.25, -0.2) is 4.98 Å². The molecule has 0 aliphatic carbocycles. The first-order valence-corrected chi connectivity index (χ1v) is 7.27. The van der Waals surface area contributed by atoms with Crippen LogP contribution in [-0.4, -0.2) is 48.6 Å². The Morgan fingerprint density at radius 1 is 1.65 bits per heavy atom. The Morgan fingerprint density at radius 3 is 3.05 bits per heavy atom. The third kappa shape index (κ3) is 3.41. The molecule has 0 radical (unpaired) electrons. The molecule has 20 heavy (non-hydrogen) atoms. The number of nitrogens with zero attached hydrogens (tertiary/aromatic N) is 2. The molecule has 1 aromatic heterocycles. The topological polar surface area (TPSA) is 54.5 Å². The number of pyridine rings is 1. The van der Waals surface area contributed by atoms with Gasteiger partial charge in [0.05, 0.1) is 16.7 Å². The van der Waals surface area contributed by atoms with Crippen molar-refractivity contribution in [3.8, 4) is 0 Å². The molecular weight excluding hydrogens is 278 g/mol. The van der Waals surface area contributed by atoms with E-state index in [9.17, 15) is 4.79 Å². The highest BCUT2D eigenvalue weighted by Crippen LogP contribution is 2.21. The summed E-state index contributed by atoms with van der Waals surface area (Å²) < 4.78 is 5.59. The first-order valence-electron chi connectivity index (χ1n) is 6.89. The normalized spacial score (nSPS) is 18.1. The van der Waals surface area contributed by atoms with Gasteiger partial charge >= 0.3 is 0 Å². The molecule has 1 aromatic rings. The maximum absolute atomic E-state index is 12.6. The molecule has 1 N–H and O–H groups in total. The van der Waals surface area contributed by atoms with Crippen LogP contribution in [0, 0.1) is 0 Å². The lowest BCUT2D eigenvalue weighted by molar-refractivity contribution is 0.0539. The van der Waals surface area contributed by atoms with Crippen molar-refractivity contribution in [2.75, 3.05) is 32.1 Å². The van der Waals surface area contributed by atoms with Gasteiger partial charge in [0.1, 0.15) is 5.82 Å². The Kier molecular flexibility index (Phi) is 5.20. The van der Waals surface area contributed by atoms with Crippen LogP contribution in [0.3, 0.4) is 0 Å². The lowest BCUT2D eigenvalue weighted by Gasteiger charge is -2.24. The van der Waals surface area contributed by atoms with Gasteiger partial charge in [0.25, 0.3) is 5.91 Å². The van der Waals surface area contributed by atoms with Crippen LogP contribution in [0.1, 0.15) is 30.1 Å². The van der Waals surface area contributed by atoms with E-state index in [1.165, 1.54) is 6.20 Å². The van der Waals surface area contributed by atoms with Crippen molar-refractivity contribution < 1.29 is 9.53 Å². The van der Waals surface area contributed by atoms with Crippen molar-refractivity contribution in [1.29, 1.82) is 0 Å². The van der Waals surface area contributed by atoms with Crippen molar-refractivity contribution in [3.63, 3.8) is 0 Å². The van der Waals surface area contributed by atoms with Crippen molar-refractivity contribution in [3.05, 3.63) is 22.8 Å². The number of likely N-dealkylation sites (N-methyl/N-ethyl adjacent to an activating group) is 1. The zero-order chi connectivity index (χ0) is 14.5. The monoisotopic (exact) mass is 297 g/mol. The molecule has 6 heteroatoms. The fourth-order valence-electron chi connectivity index (χ4n) is 2.30. The summed E-state index contributed by atoms with van der Waals surface area (Å²) in [5.74, 6) is 0.554. The molecule has 0 saturated carbocycles. The fourth-order valence-corrected chi connectivity index (χ4v) is 2.48. The van der Waals surface area contributed by atoms with Crippen molar-refractivity contribution in [2.45, 2.75) is 25.9 Å². The largest absolute Gasteiger partial charge is 0.376 e. The van der Waals surface area contributed by atoms with Gasteiger partial charge in [-0.05, 0) is 25.8 Å². The van der Waals surface area contributed by atoms with Gasteiger partial charge < -0.3 is 15.0 Å². The number of hydrogen-bond acceptors (Lipinski definition) is 4. The van der Waals surface area contributed by atoms with Crippen LogP contribution in [-0.2, 0) is 4.74 Å². The van der Waals surface area contributed by atoms with Crippen LogP contribution in [0.5, 0.6) is 0 Å². The summed E-state index contributed by atoms with van der Waals surface area (Å²) in [5.41, 5.74) is 0.478. The van der Waals surface area contributed by atoms with Crippen LogP contribution < -0.4 is 5.32 Å². The molecular formula is C14H20ClN3O2. The highest BCUT2D eigenvalue weighted by atomic mass is 35.5. The second-order valence-corrected chi connectivity index (χ2v) is 5.19. The van der Waals surface area contributed by atoms with Gasteiger partial charge in [0.2, 0.25) is 0 Å². The van der Waals surface area contributed by atoms with E-state index in [0.29, 0.717) is 29.5 Å². The van der Waals surface area contributed by atoms with Crippen LogP contribution in [0.2, 0.25) is 5.02 Å². The molecule has 0 aromatic carbocycles. The van der Waals surface area contributed by atoms with E-state index >= 15 is 0 Å². The molecule has 1 aliphatic rings. The molecule has 1 amide bonds. The molecule has 5 nitrogen and oxygen atoms in total. The predicted octanol–water partition coefficient (Wildman–Crippen LogP) is 2.42. The third-order valence-corrected chi connectivity index (χ3v) is 3.76. The maximum Gasteiger partial charge on any atom is 0.255 e. The van der Waals surface area contributed by atoms with Crippen LogP contribution in [0.15, 0.2) is 12.3 Å². The van der Waals surface area contributed by atoms with Crippen LogP contribution >= 0.6 is 11.6 Å². The first-order chi connectivity index (χ1) is 9.65. The van der Waals surface area contributed by atoms with E-state index in [0.717, 1.165) is 19.4 Å². The summed E-state index contributed by atoms with van der Waals surface area (Å²) in [7, 11) is 1.76. The van der Waals surface area contributed by atoms with Gasteiger partial charge in [0, 0.05) is 32.9 Å². The Labute approximate surface area is 124 Å². The molecule has 1 aliphatic heterocycles. The highest BCUT2D eigenvalue weighted by molar-refractivity contribution is 6.33. The van der Waals surface area contributed by atoms with Crippen molar-refractivity contribution in [1.82, 2.24) is 9.88 Å². The van der Waals surface area contributed by atoms with Gasteiger partial charge in [-0.1, -0.05) is 11.6 Å². The molecule has 1 atom stereocenters. The lowest BCUT2D eigenvalue weighted by Crippen LogP contribution is -2.37. The molecule has 2 heterocycles. The molecule has 1 saturated heterocycles. The van der Waals surface area contributed by atoms with Gasteiger partial charge in [-0.15, -0.1) is 0 Å². The Balaban J connectivity index is 2.14. The van der Waals surface area contributed by atoms with Crippen molar-refractivity contribution >= 4 is 23.3 Å². The zero-order valence-corrected chi connectivity index (χ0v) is 12.6. The molecule has 1 unspecified atom stereocenters. The fraction of sp³-hybridized carbons (Fsp3) is 0.571. The van der Waals surface area contributed by atoms with E-state index < -0.39 is 0 Å². The number of aromatic nitrogens is 1. The first kappa shape index (κ1) is 15.1. The number of hydrogen-bond donors (Lipinski definition) is 1. The summed E-state index contributed by atoms with van der Waals surface area (Å²) in [6.07, 6.45) is 3.72.